The van der Waals surface area contributed by atoms with E-state index in [1.807, 2.05) is 24.3 Å². The molecule has 1 aromatic carbocycles. The number of ether oxygens (including phenoxy) is 1. The molecule has 0 saturated carbocycles. The van der Waals surface area contributed by atoms with Crippen molar-refractivity contribution in [1.82, 2.24) is 35.6 Å². The Labute approximate surface area is 178 Å². The minimum atomic E-state index is -0.501. The van der Waals surface area contributed by atoms with E-state index < -0.39 is 5.91 Å². The molecule has 1 aliphatic rings. The van der Waals surface area contributed by atoms with E-state index >= 15 is 0 Å². The number of hydrogen-bond donors (Lipinski definition) is 2. The third kappa shape index (κ3) is 4.53. The largest absolute Gasteiger partial charge is 0.496 e. The van der Waals surface area contributed by atoms with Gasteiger partial charge in [-0.1, -0.05) is 23.8 Å². The third-order valence-corrected chi connectivity index (χ3v) is 5.01. The Morgan fingerprint density at radius 1 is 1.29 bits per heavy atom. The zero-order chi connectivity index (χ0) is 21.6. The molecule has 3 heterocycles. The van der Waals surface area contributed by atoms with Crippen LogP contribution in [0.15, 0.2) is 34.0 Å². The minimum absolute atomic E-state index is 0.0611. The second-order valence-electron chi connectivity index (χ2n) is 7.05. The molecule has 0 radical (unpaired) electrons. The number of benzene rings is 1. The fourth-order valence-corrected chi connectivity index (χ4v) is 3.44. The summed E-state index contributed by atoms with van der Waals surface area (Å²) in [5.41, 5.74) is 9.72. The molecule has 1 fully saturated rings. The van der Waals surface area contributed by atoms with Gasteiger partial charge in [0.1, 0.15) is 5.75 Å². The number of rotatable bonds is 7. The van der Waals surface area contributed by atoms with E-state index in [4.69, 9.17) is 10.5 Å². The molecule has 4 rings (SSSR count). The Hall–Kier alpha value is -3.80. The first-order valence-electron chi connectivity index (χ1n) is 9.89. The highest BCUT2D eigenvalue weighted by Gasteiger charge is 2.26. The number of anilines is 1. The number of nitrogens with two attached hydrogens (primary N) is 1. The zero-order valence-corrected chi connectivity index (χ0v) is 17.1. The molecule has 12 heteroatoms. The third-order valence-electron chi connectivity index (χ3n) is 5.01. The highest BCUT2D eigenvalue weighted by atomic mass is 16.6. The van der Waals surface area contributed by atoms with Gasteiger partial charge in [-0.2, -0.15) is 9.78 Å². The number of aromatic nitrogens is 5. The van der Waals surface area contributed by atoms with Crippen molar-refractivity contribution in [3.05, 3.63) is 41.2 Å². The summed E-state index contributed by atoms with van der Waals surface area (Å²) in [5.74, 6) is 0.396. The molecule has 162 valence electrons. The van der Waals surface area contributed by atoms with Gasteiger partial charge in [-0.25, -0.2) is 10.1 Å². The van der Waals surface area contributed by atoms with Crippen molar-refractivity contribution < 1.29 is 14.2 Å². The number of hydrazone groups is 1. The maximum absolute atomic E-state index is 12.8. The van der Waals surface area contributed by atoms with Crippen LogP contribution in [-0.2, 0) is 6.54 Å². The Balaban J connectivity index is 1.57. The number of amides is 1. The van der Waals surface area contributed by atoms with Gasteiger partial charge in [-0.05, 0) is 48.4 Å². The molecule has 0 aliphatic carbocycles. The molecule has 0 unspecified atom stereocenters. The fraction of sp³-hybridized carbons (Fsp3) is 0.368. The van der Waals surface area contributed by atoms with Gasteiger partial charge in [0.25, 0.3) is 5.91 Å². The van der Waals surface area contributed by atoms with Gasteiger partial charge in [-0.15, -0.1) is 5.10 Å². The van der Waals surface area contributed by atoms with Crippen LogP contribution in [0.3, 0.4) is 0 Å². The van der Waals surface area contributed by atoms with Gasteiger partial charge >= 0.3 is 0 Å². The normalized spacial score (nSPS) is 14.7. The van der Waals surface area contributed by atoms with Crippen molar-refractivity contribution in [3.63, 3.8) is 0 Å². The average molecular weight is 425 g/mol. The summed E-state index contributed by atoms with van der Waals surface area (Å²) >= 11 is 0. The Morgan fingerprint density at radius 2 is 2.10 bits per heavy atom. The minimum Gasteiger partial charge on any atom is -0.496 e. The fourth-order valence-electron chi connectivity index (χ4n) is 3.44. The lowest BCUT2D eigenvalue weighted by atomic mass is 10.1. The van der Waals surface area contributed by atoms with Gasteiger partial charge in [0.2, 0.25) is 11.6 Å². The summed E-state index contributed by atoms with van der Waals surface area (Å²) in [7, 11) is 1.57. The number of para-hydroxylation sites is 1. The van der Waals surface area contributed by atoms with Crippen LogP contribution in [-0.4, -0.2) is 62.5 Å². The van der Waals surface area contributed by atoms with Crippen LogP contribution in [0, 0.1) is 0 Å². The van der Waals surface area contributed by atoms with Crippen LogP contribution >= 0.6 is 0 Å². The average Bonchev–Trinajstić information content (AvgIpc) is 3.40. The van der Waals surface area contributed by atoms with E-state index in [1.165, 1.54) is 17.3 Å². The Kier molecular flexibility index (Phi) is 6.17. The van der Waals surface area contributed by atoms with Crippen molar-refractivity contribution in [3.8, 4) is 11.6 Å². The van der Waals surface area contributed by atoms with Gasteiger partial charge in [-0.3, -0.25) is 9.69 Å². The van der Waals surface area contributed by atoms with Crippen LogP contribution in [0.5, 0.6) is 5.75 Å². The van der Waals surface area contributed by atoms with E-state index in [2.05, 4.69) is 40.7 Å². The number of carbonyl (C=O) groups excluding carboxylic acids is 1. The van der Waals surface area contributed by atoms with Crippen LogP contribution in [0.4, 0.5) is 5.82 Å². The van der Waals surface area contributed by atoms with Crippen LogP contribution in [0.1, 0.15) is 41.0 Å². The molecule has 2 aromatic heterocycles. The second kappa shape index (κ2) is 9.34. The molecule has 1 amide bonds. The molecule has 0 spiro atoms. The van der Waals surface area contributed by atoms with E-state index in [-0.39, 0.29) is 17.3 Å². The molecular weight excluding hydrogens is 402 g/mol. The van der Waals surface area contributed by atoms with Crippen LogP contribution in [0.2, 0.25) is 0 Å². The van der Waals surface area contributed by atoms with E-state index in [9.17, 15) is 4.79 Å². The molecule has 0 atom stereocenters. The number of nitrogens with zero attached hydrogens (tertiary/aromatic N) is 7. The number of nitrogens with one attached hydrogen (secondary N) is 1. The molecule has 3 aromatic rings. The van der Waals surface area contributed by atoms with Crippen molar-refractivity contribution in [2.24, 2.45) is 5.10 Å². The summed E-state index contributed by atoms with van der Waals surface area (Å²) in [5, 5.41) is 19.5. The monoisotopic (exact) mass is 425 g/mol. The lowest BCUT2D eigenvalue weighted by Gasteiger charge is -2.26. The maximum Gasteiger partial charge on any atom is 0.293 e. The Bertz CT molecular complexity index is 1070. The van der Waals surface area contributed by atoms with E-state index in [1.54, 1.807) is 7.11 Å². The molecule has 12 nitrogen and oxygen atoms in total. The summed E-state index contributed by atoms with van der Waals surface area (Å²) in [6.07, 6.45) is 4.89. The number of likely N-dealkylation sites (tertiary alicyclic amines) is 1. The highest BCUT2D eigenvalue weighted by molar-refractivity contribution is 5.94. The molecule has 0 bridgehead atoms. The number of hydrogen-bond acceptors (Lipinski definition) is 10. The molecule has 3 N–H and O–H groups in total. The number of carbonyl (C=O) groups is 1. The van der Waals surface area contributed by atoms with Crippen LogP contribution < -0.4 is 15.9 Å². The van der Waals surface area contributed by atoms with Crippen molar-refractivity contribution in [2.45, 2.75) is 25.8 Å². The summed E-state index contributed by atoms with van der Waals surface area (Å²) < 4.78 is 11.4. The first-order valence-corrected chi connectivity index (χ1v) is 9.89. The number of methoxy groups -OCH3 is 1. The van der Waals surface area contributed by atoms with Crippen molar-refractivity contribution >= 4 is 17.9 Å². The highest BCUT2D eigenvalue weighted by Crippen LogP contribution is 2.20. The smallest absolute Gasteiger partial charge is 0.293 e. The lowest BCUT2D eigenvalue weighted by molar-refractivity contribution is 0.0947. The van der Waals surface area contributed by atoms with Gasteiger partial charge in [0, 0.05) is 12.1 Å². The predicted molar refractivity (Wildman–Crippen MR) is 111 cm³/mol. The quantitative estimate of drug-likeness (QED) is 0.417. The van der Waals surface area contributed by atoms with Crippen molar-refractivity contribution in [1.29, 1.82) is 0 Å². The first kappa shape index (κ1) is 20.5. The molecule has 1 aliphatic heterocycles. The standard InChI is InChI=1S/C19H23N9O3/c1-30-15-8-4-3-7-13(15)11-21-23-19(29)16-14(12-27-9-5-2-6-10-27)28(26-22-16)18-17(20)24-31-25-18/h3-4,7-8,11H,2,5-6,9-10,12H2,1H3,(H2,20,24)(H,23,29)/b21-11-. The van der Waals surface area contributed by atoms with Gasteiger partial charge in [0.15, 0.2) is 5.69 Å². The topological polar surface area (TPSA) is 150 Å². The zero-order valence-electron chi connectivity index (χ0n) is 17.1. The van der Waals surface area contributed by atoms with Crippen molar-refractivity contribution in [2.75, 3.05) is 25.9 Å². The second-order valence-corrected chi connectivity index (χ2v) is 7.05. The van der Waals surface area contributed by atoms with Gasteiger partial charge < -0.3 is 10.5 Å². The molecule has 1 saturated heterocycles. The molecule has 31 heavy (non-hydrogen) atoms. The number of piperidine rings is 1. The van der Waals surface area contributed by atoms with E-state index in [0.717, 1.165) is 31.5 Å². The maximum atomic E-state index is 12.8. The Morgan fingerprint density at radius 3 is 2.84 bits per heavy atom. The van der Waals surface area contributed by atoms with Gasteiger partial charge in [0.05, 0.1) is 19.0 Å². The van der Waals surface area contributed by atoms with Crippen LogP contribution in [0.25, 0.3) is 5.82 Å². The lowest BCUT2D eigenvalue weighted by Crippen LogP contribution is -2.31. The molecular formula is C19H23N9O3. The first-order chi connectivity index (χ1) is 15.2. The summed E-state index contributed by atoms with van der Waals surface area (Å²) in [6.45, 7) is 2.30. The summed E-state index contributed by atoms with van der Waals surface area (Å²) in [6, 6.07) is 7.34. The SMILES string of the molecule is COc1ccccc1/C=N\NC(=O)c1nnn(-c2nonc2N)c1CN1CCCCC1. The predicted octanol–water partition coefficient (Wildman–Crippen LogP) is 0.991. The van der Waals surface area contributed by atoms with E-state index in [0.29, 0.717) is 18.0 Å². The number of nitrogen functional groups attached to an aromatic ring is 1. The summed E-state index contributed by atoms with van der Waals surface area (Å²) in [4.78, 5) is 15.1.